The number of nitrogens with one attached hydrogen (secondary N) is 2. The minimum atomic E-state index is 0.419. The molecule has 2 fully saturated rings. The second-order valence-corrected chi connectivity index (χ2v) is 5.68. The molecule has 0 aromatic carbocycles. The van der Waals surface area contributed by atoms with E-state index in [0.717, 1.165) is 38.5 Å². The molecule has 5 heteroatoms. The van der Waals surface area contributed by atoms with Crippen LogP contribution in [-0.4, -0.2) is 42.1 Å². The van der Waals surface area contributed by atoms with Crippen molar-refractivity contribution >= 4 is 11.2 Å². The molecule has 0 radical (unpaired) electrons. The highest BCUT2D eigenvalue weighted by Gasteiger charge is 2.21. The van der Waals surface area contributed by atoms with Crippen LogP contribution in [0.3, 0.4) is 0 Å². The van der Waals surface area contributed by atoms with Crippen LogP contribution in [0, 0.1) is 0 Å². The molecule has 2 aliphatic heterocycles. The zero-order chi connectivity index (χ0) is 13.4. The van der Waals surface area contributed by atoms with Gasteiger partial charge in [0.15, 0.2) is 0 Å². The monoisotopic (exact) mass is 271 g/mol. The van der Waals surface area contributed by atoms with Gasteiger partial charge < -0.3 is 19.9 Å². The molecule has 5 nitrogen and oxygen atoms in total. The summed E-state index contributed by atoms with van der Waals surface area (Å²) in [4.78, 5) is 7.07. The summed E-state index contributed by atoms with van der Waals surface area (Å²) in [5.74, 6) is 1.16. The lowest BCUT2D eigenvalue weighted by atomic mass is 10.2. The van der Waals surface area contributed by atoms with E-state index in [1.165, 1.54) is 24.0 Å². The standard InChI is InChI=1S/C15H21N5/c1-2-14(17-4-1)15-18-11-13-10-12(3-7-20(13)15)19-8-5-16-6-9-19/h3,7,10-11,14,16-17H,1-2,4-6,8-9H2. The van der Waals surface area contributed by atoms with Gasteiger partial charge in [-0.25, -0.2) is 4.98 Å². The summed E-state index contributed by atoms with van der Waals surface area (Å²) in [7, 11) is 0. The topological polar surface area (TPSA) is 44.6 Å². The Bertz CT molecular complexity index is 593. The Morgan fingerprint density at radius 3 is 2.90 bits per heavy atom. The van der Waals surface area contributed by atoms with Crippen molar-refractivity contribution in [3.63, 3.8) is 0 Å². The maximum atomic E-state index is 4.63. The number of piperazine rings is 1. The van der Waals surface area contributed by atoms with Crippen LogP contribution < -0.4 is 15.5 Å². The Kier molecular flexibility index (Phi) is 3.09. The number of hydrogen-bond donors (Lipinski definition) is 2. The fraction of sp³-hybridized carbons (Fsp3) is 0.533. The number of aromatic nitrogens is 2. The van der Waals surface area contributed by atoms with E-state index in [4.69, 9.17) is 0 Å². The summed E-state index contributed by atoms with van der Waals surface area (Å²) < 4.78 is 2.23. The highest BCUT2D eigenvalue weighted by molar-refractivity contribution is 5.60. The Labute approximate surface area is 119 Å². The molecule has 106 valence electrons. The molecule has 0 aliphatic carbocycles. The van der Waals surface area contributed by atoms with Gasteiger partial charge in [0.1, 0.15) is 5.82 Å². The number of hydrogen-bond acceptors (Lipinski definition) is 4. The third kappa shape index (κ3) is 2.07. The zero-order valence-corrected chi connectivity index (χ0v) is 11.7. The molecule has 1 unspecified atom stereocenters. The minimum absolute atomic E-state index is 0.419. The van der Waals surface area contributed by atoms with Crippen LogP contribution in [0.2, 0.25) is 0 Å². The van der Waals surface area contributed by atoms with Crippen LogP contribution in [0.1, 0.15) is 24.7 Å². The molecule has 2 N–H and O–H groups in total. The molecule has 20 heavy (non-hydrogen) atoms. The number of nitrogens with zero attached hydrogens (tertiary/aromatic N) is 3. The number of rotatable bonds is 2. The van der Waals surface area contributed by atoms with Gasteiger partial charge in [-0.3, -0.25) is 0 Å². The molecule has 0 amide bonds. The normalized spacial score (nSPS) is 23.6. The van der Waals surface area contributed by atoms with Crippen molar-refractivity contribution in [3.05, 3.63) is 30.4 Å². The third-order valence-corrected chi connectivity index (χ3v) is 4.40. The second kappa shape index (κ2) is 5.07. The summed E-state index contributed by atoms with van der Waals surface area (Å²) in [6, 6.07) is 4.90. The SMILES string of the molecule is c1cn2c(C3CCCN3)ncc2cc1N1CCNCC1. The number of imidazole rings is 1. The fourth-order valence-corrected chi connectivity index (χ4v) is 3.29. The fourth-order valence-electron chi connectivity index (χ4n) is 3.29. The Hall–Kier alpha value is -1.59. The highest BCUT2D eigenvalue weighted by Crippen LogP contribution is 2.25. The van der Waals surface area contributed by atoms with Crippen LogP contribution in [0.25, 0.3) is 5.52 Å². The zero-order valence-electron chi connectivity index (χ0n) is 11.7. The van der Waals surface area contributed by atoms with E-state index in [1.54, 1.807) is 0 Å². The number of pyridine rings is 1. The van der Waals surface area contributed by atoms with E-state index < -0.39 is 0 Å². The van der Waals surface area contributed by atoms with Gasteiger partial charge in [0.05, 0.1) is 17.8 Å². The van der Waals surface area contributed by atoms with E-state index >= 15 is 0 Å². The smallest absolute Gasteiger partial charge is 0.130 e. The average Bonchev–Trinajstić information content (AvgIpc) is 3.16. The van der Waals surface area contributed by atoms with Gasteiger partial charge in [-0.2, -0.15) is 0 Å². The Balaban J connectivity index is 1.66. The van der Waals surface area contributed by atoms with Crippen molar-refractivity contribution in [1.29, 1.82) is 0 Å². The lowest BCUT2D eigenvalue weighted by Gasteiger charge is -2.29. The van der Waals surface area contributed by atoms with Gasteiger partial charge in [0, 0.05) is 38.1 Å². The van der Waals surface area contributed by atoms with Crippen LogP contribution in [0.5, 0.6) is 0 Å². The molecule has 2 aliphatic rings. The van der Waals surface area contributed by atoms with Crippen molar-refractivity contribution in [2.75, 3.05) is 37.6 Å². The van der Waals surface area contributed by atoms with Crippen LogP contribution in [0.4, 0.5) is 5.69 Å². The van der Waals surface area contributed by atoms with Crippen LogP contribution in [-0.2, 0) is 0 Å². The largest absolute Gasteiger partial charge is 0.369 e. The van der Waals surface area contributed by atoms with E-state index in [2.05, 4.69) is 43.2 Å². The number of fused-ring (bicyclic) bond motifs is 1. The first-order valence-electron chi connectivity index (χ1n) is 7.58. The summed E-state index contributed by atoms with van der Waals surface area (Å²) in [5, 5.41) is 6.92. The lowest BCUT2D eigenvalue weighted by Crippen LogP contribution is -2.43. The molecule has 1 atom stereocenters. The van der Waals surface area contributed by atoms with E-state index in [-0.39, 0.29) is 0 Å². The minimum Gasteiger partial charge on any atom is -0.369 e. The van der Waals surface area contributed by atoms with E-state index in [1.807, 2.05) is 6.20 Å². The first-order chi connectivity index (χ1) is 9.92. The summed E-state index contributed by atoms with van der Waals surface area (Å²) in [5.41, 5.74) is 2.51. The maximum Gasteiger partial charge on any atom is 0.130 e. The van der Waals surface area contributed by atoms with Crippen molar-refractivity contribution in [3.8, 4) is 0 Å². The average molecular weight is 271 g/mol. The second-order valence-electron chi connectivity index (χ2n) is 5.68. The molecule has 2 saturated heterocycles. The summed E-state index contributed by atoms with van der Waals surface area (Å²) in [6.45, 7) is 5.42. The third-order valence-electron chi connectivity index (χ3n) is 4.40. The van der Waals surface area contributed by atoms with Crippen LogP contribution >= 0.6 is 0 Å². The summed E-state index contributed by atoms with van der Waals surface area (Å²) in [6.07, 6.45) is 6.62. The number of anilines is 1. The molecule has 4 rings (SSSR count). The molecular weight excluding hydrogens is 250 g/mol. The Morgan fingerprint density at radius 1 is 1.20 bits per heavy atom. The van der Waals surface area contributed by atoms with E-state index in [0.29, 0.717) is 6.04 Å². The molecule has 4 heterocycles. The quantitative estimate of drug-likeness (QED) is 0.860. The van der Waals surface area contributed by atoms with Gasteiger partial charge in [0.2, 0.25) is 0 Å². The molecule has 0 saturated carbocycles. The summed E-state index contributed by atoms with van der Waals surface area (Å²) >= 11 is 0. The van der Waals surface area contributed by atoms with Crippen molar-refractivity contribution in [2.45, 2.75) is 18.9 Å². The van der Waals surface area contributed by atoms with Gasteiger partial charge in [-0.15, -0.1) is 0 Å². The maximum absolute atomic E-state index is 4.63. The molecule has 2 aromatic heterocycles. The van der Waals surface area contributed by atoms with Gasteiger partial charge in [-0.05, 0) is 31.5 Å². The molecule has 2 aromatic rings. The van der Waals surface area contributed by atoms with Gasteiger partial charge in [0.25, 0.3) is 0 Å². The first-order valence-corrected chi connectivity index (χ1v) is 7.58. The van der Waals surface area contributed by atoms with Gasteiger partial charge in [-0.1, -0.05) is 0 Å². The predicted molar refractivity (Wildman–Crippen MR) is 80.3 cm³/mol. The van der Waals surface area contributed by atoms with Crippen molar-refractivity contribution in [1.82, 2.24) is 20.0 Å². The highest BCUT2D eigenvalue weighted by atomic mass is 15.2. The predicted octanol–water partition coefficient (Wildman–Crippen LogP) is 1.17. The van der Waals surface area contributed by atoms with Crippen LogP contribution in [0.15, 0.2) is 24.5 Å². The molecule has 0 bridgehead atoms. The van der Waals surface area contributed by atoms with Crippen molar-refractivity contribution in [2.24, 2.45) is 0 Å². The lowest BCUT2D eigenvalue weighted by molar-refractivity contribution is 0.588. The molecule has 0 spiro atoms. The Morgan fingerprint density at radius 2 is 2.10 bits per heavy atom. The van der Waals surface area contributed by atoms with Crippen molar-refractivity contribution < 1.29 is 0 Å². The van der Waals surface area contributed by atoms with E-state index in [9.17, 15) is 0 Å². The molecular formula is C15H21N5. The van der Waals surface area contributed by atoms with Gasteiger partial charge >= 0.3 is 0 Å². The first kappa shape index (κ1) is 12.2.